The number of nitrogens with one attached hydrogen (secondary N) is 2. The quantitative estimate of drug-likeness (QED) is 0.780. The molecule has 6 heteroatoms. The van der Waals surface area contributed by atoms with Gasteiger partial charge in [-0.05, 0) is 37.0 Å². The standard InChI is InChI=1S/C16H20N2O3S/c1-2-10-18-22(20,21)15-9-5-8-14(11-15)16(19)17-12-13-6-3-4-7-13/h1,5,8-9,11,13,18H,3-4,6-7,10,12H2,(H,17,19). The summed E-state index contributed by atoms with van der Waals surface area (Å²) in [6.45, 7) is 0.561. The number of carbonyl (C=O) groups excluding carboxylic acids is 1. The SMILES string of the molecule is C#CCNS(=O)(=O)c1cccc(C(=O)NCC2CCCC2)c1. The van der Waals surface area contributed by atoms with Crippen LogP contribution in [0, 0.1) is 18.3 Å². The Morgan fingerprint density at radius 1 is 1.32 bits per heavy atom. The predicted molar refractivity (Wildman–Crippen MR) is 84.8 cm³/mol. The lowest BCUT2D eigenvalue weighted by molar-refractivity contribution is 0.0947. The third-order valence-electron chi connectivity index (χ3n) is 3.80. The van der Waals surface area contributed by atoms with Crippen molar-refractivity contribution in [3.05, 3.63) is 29.8 Å². The molecule has 2 rings (SSSR count). The van der Waals surface area contributed by atoms with Crippen LogP contribution in [0.15, 0.2) is 29.2 Å². The fraction of sp³-hybridized carbons (Fsp3) is 0.438. The van der Waals surface area contributed by atoms with Gasteiger partial charge in [-0.25, -0.2) is 8.42 Å². The Bertz CT molecular complexity index is 671. The van der Waals surface area contributed by atoms with Crippen LogP contribution in [-0.2, 0) is 10.0 Å². The van der Waals surface area contributed by atoms with Gasteiger partial charge in [-0.15, -0.1) is 6.42 Å². The first-order valence-corrected chi connectivity index (χ1v) is 8.82. The van der Waals surface area contributed by atoms with Crippen LogP contribution in [0.3, 0.4) is 0 Å². The molecule has 22 heavy (non-hydrogen) atoms. The number of rotatable bonds is 6. The van der Waals surface area contributed by atoms with Crippen LogP contribution in [0.25, 0.3) is 0 Å². The zero-order chi connectivity index (χ0) is 16.0. The maximum atomic E-state index is 12.1. The van der Waals surface area contributed by atoms with Crippen molar-refractivity contribution in [2.75, 3.05) is 13.1 Å². The van der Waals surface area contributed by atoms with E-state index < -0.39 is 10.0 Å². The summed E-state index contributed by atoms with van der Waals surface area (Å²) in [6.07, 6.45) is 9.77. The predicted octanol–water partition coefficient (Wildman–Crippen LogP) is 1.52. The van der Waals surface area contributed by atoms with Gasteiger partial charge in [0.25, 0.3) is 5.91 Å². The molecule has 1 aromatic carbocycles. The Balaban J connectivity index is 2.04. The maximum Gasteiger partial charge on any atom is 0.251 e. The van der Waals surface area contributed by atoms with Crippen molar-refractivity contribution in [3.8, 4) is 12.3 Å². The lowest BCUT2D eigenvalue weighted by atomic mass is 10.1. The van der Waals surface area contributed by atoms with E-state index in [0.29, 0.717) is 18.0 Å². The van der Waals surface area contributed by atoms with Crippen molar-refractivity contribution in [1.82, 2.24) is 10.0 Å². The molecular weight excluding hydrogens is 300 g/mol. The Kier molecular flexibility index (Phi) is 5.58. The van der Waals surface area contributed by atoms with Crippen LogP contribution < -0.4 is 10.0 Å². The van der Waals surface area contributed by atoms with Gasteiger partial charge in [0.05, 0.1) is 11.4 Å². The molecule has 1 aliphatic carbocycles. The average Bonchev–Trinajstić information content (AvgIpc) is 3.04. The van der Waals surface area contributed by atoms with E-state index in [-0.39, 0.29) is 17.3 Å². The summed E-state index contributed by atoms with van der Waals surface area (Å²) in [4.78, 5) is 12.2. The number of terminal acetylenes is 1. The van der Waals surface area contributed by atoms with E-state index in [4.69, 9.17) is 6.42 Å². The van der Waals surface area contributed by atoms with Crippen LogP contribution in [0.1, 0.15) is 36.0 Å². The lowest BCUT2D eigenvalue weighted by Gasteiger charge is -2.11. The van der Waals surface area contributed by atoms with Crippen molar-refractivity contribution in [3.63, 3.8) is 0 Å². The van der Waals surface area contributed by atoms with Gasteiger partial charge in [0.15, 0.2) is 0 Å². The van der Waals surface area contributed by atoms with Gasteiger partial charge in [0.1, 0.15) is 0 Å². The van der Waals surface area contributed by atoms with E-state index >= 15 is 0 Å². The van der Waals surface area contributed by atoms with Crippen molar-refractivity contribution in [2.45, 2.75) is 30.6 Å². The molecule has 0 heterocycles. The summed E-state index contributed by atoms with van der Waals surface area (Å²) < 4.78 is 26.3. The van der Waals surface area contributed by atoms with E-state index in [1.165, 1.54) is 25.0 Å². The van der Waals surface area contributed by atoms with Gasteiger partial charge in [-0.3, -0.25) is 4.79 Å². The topological polar surface area (TPSA) is 75.3 Å². The van der Waals surface area contributed by atoms with Crippen LogP contribution in [0.5, 0.6) is 0 Å². The molecule has 0 atom stereocenters. The van der Waals surface area contributed by atoms with Gasteiger partial charge < -0.3 is 5.32 Å². The number of sulfonamides is 1. The van der Waals surface area contributed by atoms with Gasteiger partial charge in [0, 0.05) is 12.1 Å². The molecule has 0 aliphatic heterocycles. The molecule has 1 amide bonds. The fourth-order valence-electron chi connectivity index (χ4n) is 2.58. The molecule has 0 aromatic heterocycles. The molecule has 5 nitrogen and oxygen atoms in total. The Hall–Kier alpha value is -1.84. The minimum Gasteiger partial charge on any atom is -0.352 e. The third-order valence-corrected chi connectivity index (χ3v) is 5.20. The van der Waals surface area contributed by atoms with E-state index in [0.717, 1.165) is 12.8 Å². The summed E-state index contributed by atoms with van der Waals surface area (Å²) in [5.41, 5.74) is 0.335. The second-order valence-corrected chi connectivity index (χ2v) is 7.18. The van der Waals surface area contributed by atoms with E-state index in [1.807, 2.05) is 0 Å². The Morgan fingerprint density at radius 3 is 2.73 bits per heavy atom. The molecule has 1 fully saturated rings. The lowest BCUT2D eigenvalue weighted by Crippen LogP contribution is -2.29. The summed E-state index contributed by atoms with van der Waals surface area (Å²) in [5.74, 6) is 2.50. The largest absolute Gasteiger partial charge is 0.352 e. The highest BCUT2D eigenvalue weighted by molar-refractivity contribution is 7.89. The number of benzene rings is 1. The number of hydrogen-bond acceptors (Lipinski definition) is 3. The van der Waals surface area contributed by atoms with E-state index in [1.54, 1.807) is 12.1 Å². The molecule has 118 valence electrons. The monoisotopic (exact) mass is 320 g/mol. The van der Waals surface area contributed by atoms with Gasteiger partial charge in [-0.1, -0.05) is 24.8 Å². The highest BCUT2D eigenvalue weighted by Gasteiger charge is 2.18. The van der Waals surface area contributed by atoms with E-state index in [9.17, 15) is 13.2 Å². The molecule has 0 radical (unpaired) electrons. The Labute approximate surface area is 131 Å². The van der Waals surface area contributed by atoms with Gasteiger partial charge >= 0.3 is 0 Å². The first-order valence-electron chi connectivity index (χ1n) is 7.34. The molecule has 0 spiro atoms. The Morgan fingerprint density at radius 2 is 2.05 bits per heavy atom. The maximum absolute atomic E-state index is 12.1. The summed E-state index contributed by atoms with van der Waals surface area (Å²) in [6, 6.07) is 5.95. The van der Waals surface area contributed by atoms with Gasteiger partial charge in [-0.2, -0.15) is 4.72 Å². The minimum absolute atomic E-state index is 0.0382. The molecule has 0 saturated heterocycles. The van der Waals surface area contributed by atoms with Crippen molar-refractivity contribution in [2.24, 2.45) is 5.92 Å². The number of amides is 1. The molecule has 2 N–H and O–H groups in total. The van der Waals surface area contributed by atoms with Crippen LogP contribution in [0.4, 0.5) is 0 Å². The van der Waals surface area contributed by atoms with Crippen LogP contribution in [-0.4, -0.2) is 27.4 Å². The van der Waals surface area contributed by atoms with Crippen LogP contribution in [0.2, 0.25) is 0 Å². The van der Waals surface area contributed by atoms with E-state index in [2.05, 4.69) is 16.0 Å². The third kappa shape index (κ3) is 4.33. The summed E-state index contributed by atoms with van der Waals surface area (Å²) in [5, 5.41) is 2.88. The zero-order valence-electron chi connectivity index (χ0n) is 12.3. The normalized spacial score (nSPS) is 15.4. The first kappa shape index (κ1) is 16.5. The second-order valence-electron chi connectivity index (χ2n) is 5.42. The van der Waals surface area contributed by atoms with Crippen molar-refractivity contribution < 1.29 is 13.2 Å². The molecule has 1 aliphatic rings. The zero-order valence-corrected chi connectivity index (χ0v) is 13.2. The minimum atomic E-state index is -3.68. The highest BCUT2D eigenvalue weighted by atomic mass is 32.2. The summed E-state index contributed by atoms with van der Waals surface area (Å²) in [7, 11) is -3.68. The highest BCUT2D eigenvalue weighted by Crippen LogP contribution is 2.23. The smallest absolute Gasteiger partial charge is 0.251 e. The average molecular weight is 320 g/mol. The number of hydrogen-bond donors (Lipinski definition) is 2. The van der Waals surface area contributed by atoms with Crippen molar-refractivity contribution in [1.29, 1.82) is 0 Å². The van der Waals surface area contributed by atoms with Gasteiger partial charge in [0.2, 0.25) is 10.0 Å². The molecule has 0 unspecified atom stereocenters. The number of carbonyl (C=O) groups is 1. The molecule has 1 saturated carbocycles. The molecule has 1 aromatic rings. The second kappa shape index (κ2) is 7.43. The molecule has 0 bridgehead atoms. The molecular formula is C16H20N2O3S. The fourth-order valence-corrected chi connectivity index (χ4v) is 3.56. The van der Waals surface area contributed by atoms with Crippen molar-refractivity contribution >= 4 is 15.9 Å². The summed E-state index contributed by atoms with van der Waals surface area (Å²) >= 11 is 0. The first-order chi connectivity index (χ1) is 10.5. The van der Waals surface area contributed by atoms with Crippen LogP contribution >= 0.6 is 0 Å².